The molecule has 0 amide bonds. The van der Waals surface area contributed by atoms with Crippen molar-refractivity contribution in [3.05, 3.63) is 118 Å². The topological polar surface area (TPSA) is 24.9 Å². The number of pyridine rings is 1. The van der Waals surface area contributed by atoms with Gasteiger partial charge in [0.1, 0.15) is 0 Å². The number of nitrogens with one attached hydrogen (secondary N) is 1. The molecule has 1 aromatic heterocycles. The van der Waals surface area contributed by atoms with Gasteiger partial charge < -0.3 is 5.32 Å². The van der Waals surface area contributed by atoms with Gasteiger partial charge in [0.2, 0.25) is 0 Å². The van der Waals surface area contributed by atoms with Crippen molar-refractivity contribution in [1.82, 2.24) is 10.3 Å². The molecule has 1 aliphatic heterocycles. The van der Waals surface area contributed by atoms with E-state index in [0.717, 1.165) is 44.3 Å². The number of dihydropyridines is 1. The SMILES string of the molecule is CCC1(CC)C2=C(CCC(/C=C/C3=CC=CCN3)=C2)C2=C1C=C(/C=C/c1ccccn1)CC2. The van der Waals surface area contributed by atoms with Gasteiger partial charge in [0.05, 0.1) is 5.69 Å². The second kappa shape index (κ2) is 9.39. The Hall–Kier alpha value is -3.13. The second-order valence-corrected chi connectivity index (χ2v) is 9.36. The maximum absolute atomic E-state index is 4.45. The number of nitrogens with zero attached hydrogens (tertiary/aromatic N) is 1. The molecule has 5 rings (SSSR count). The first-order valence-corrected chi connectivity index (χ1v) is 12.5. The van der Waals surface area contributed by atoms with Crippen molar-refractivity contribution in [3.8, 4) is 0 Å². The maximum Gasteiger partial charge on any atom is 0.0629 e. The van der Waals surface area contributed by atoms with E-state index in [1.54, 1.807) is 22.3 Å². The third-order valence-corrected chi connectivity index (χ3v) is 7.71. The summed E-state index contributed by atoms with van der Waals surface area (Å²) in [4.78, 5) is 4.45. The maximum atomic E-state index is 4.45. The average Bonchev–Trinajstić information content (AvgIpc) is 3.16. The number of rotatable bonds is 6. The highest BCUT2D eigenvalue weighted by Gasteiger charge is 2.44. The van der Waals surface area contributed by atoms with Crippen LogP contribution in [0.3, 0.4) is 0 Å². The Morgan fingerprint density at radius 2 is 1.58 bits per heavy atom. The van der Waals surface area contributed by atoms with Crippen LogP contribution in [0.15, 0.2) is 112 Å². The van der Waals surface area contributed by atoms with Crippen LogP contribution in [0, 0.1) is 5.41 Å². The van der Waals surface area contributed by atoms with Gasteiger partial charge in [-0.25, -0.2) is 0 Å². The molecule has 3 aliphatic carbocycles. The second-order valence-electron chi connectivity index (χ2n) is 9.36. The predicted molar refractivity (Wildman–Crippen MR) is 139 cm³/mol. The monoisotopic (exact) mass is 434 g/mol. The quantitative estimate of drug-likeness (QED) is 0.500. The first-order chi connectivity index (χ1) is 16.2. The molecule has 1 aromatic rings. The molecule has 0 bridgehead atoms. The van der Waals surface area contributed by atoms with Gasteiger partial charge in [-0.1, -0.05) is 56.4 Å². The van der Waals surface area contributed by atoms with Crippen LogP contribution in [-0.2, 0) is 0 Å². The van der Waals surface area contributed by atoms with E-state index in [2.05, 4.69) is 84.9 Å². The number of allylic oxidation sites excluding steroid dienone is 13. The van der Waals surface area contributed by atoms with Gasteiger partial charge in [-0.3, -0.25) is 4.98 Å². The molecule has 0 spiro atoms. The van der Waals surface area contributed by atoms with Gasteiger partial charge in [-0.2, -0.15) is 0 Å². The van der Waals surface area contributed by atoms with Crippen molar-refractivity contribution in [3.63, 3.8) is 0 Å². The molecule has 0 atom stereocenters. The molecule has 4 aliphatic rings. The van der Waals surface area contributed by atoms with Crippen LogP contribution in [-0.4, -0.2) is 11.5 Å². The van der Waals surface area contributed by atoms with Crippen molar-refractivity contribution < 1.29 is 0 Å². The first kappa shape index (κ1) is 21.7. The largest absolute Gasteiger partial charge is 0.382 e. The molecular formula is C31H34N2. The Morgan fingerprint density at radius 3 is 2.15 bits per heavy atom. The summed E-state index contributed by atoms with van der Waals surface area (Å²) in [5.41, 5.74) is 11.7. The minimum absolute atomic E-state index is 0.153. The standard InChI is InChI=1S/C31H34N2/c1-3-31(4-2)29-21-23(11-15-25-9-5-7-19-32-25)13-17-27(29)28-18-14-24(22-30(28)31)12-16-26-10-6-8-20-33-26/h5-12,15-16,19,21-22,33H,3-4,13-14,17-18,20H2,1-2H3/b15-11+,16-12+. The Bertz CT molecular complexity index is 1160. The van der Waals surface area contributed by atoms with E-state index in [1.807, 2.05) is 18.3 Å². The van der Waals surface area contributed by atoms with Crippen LogP contribution in [0.2, 0.25) is 0 Å². The van der Waals surface area contributed by atoms with Crippen LogP contribution in [0.4, 0.5) is 0 Å². The molecule has 0 saturated heterocycles. The molecule has 2 heteroatoms. The number of fused-ring (bicyclic) bond motifs is 1. The molecule has 1 N–H and O–H groups in total. The highest BCUT2D eigenvalue weighted by Crippen LogP contribution is 2.58. The highest BCUT2D eigenvalue weighted by atomic mass is 14.9. The summed E-state index contributed by atoms with van der Waals surface area (Å²) in [6.45, 7) is 5.66. The molecule has 168 valence electrons. The fourth-order valence-electron chi connectivity index (χ4n) is 5.85. The third-order valence-electron chi connectivity index (χ3n) is 7.71. The average molecular weight is 435 g/mol. The number of hydrogen-bond acceptors (Lipinski definition) is 2. The van der Waals surface area contributed by atoms with E-state index >= 15 is 0 Å². The minimum atomic E-state index is 0.153. The zero-order valence-electron chi connectivity index (χ0n) is 19.9. The summed E-state index contributed by atoms with van der Waals surface area (Å²) in [5, 5.41) is 3.43. The summed E-state index contributed by atoms with van der Waals surface area (Å²) < 4.78 is 0. The molecule has 2 heterocycles. The summed E-state index contributed by atoms with van der Waals surface area (Å²) in [7, 11) is 0. The van der Waals surface area contributed by atoms with E-state index in [-0.39, 0.29) is 5.41 Å². The van der Waals surface area contributed by atoms with Crippen LogP contribution < -0.4 is 5.32 Å². The number of hydrogen-bond donors (Lipinski definition) is 1. The predicted octanol–water partition coefficient (Wildman–Crippen LogP) is 7.55. The van der Waals surface area contributed by atoms with Gasteiger partial charge >= 0.3 is 0 Å². The lowest BCUT2D eigenvalue weighted by molar-refractivity contribution is 0.417. The van der Waals surface area contributed by atoms with Gasteiger partial charge in [0.25, 0.3) is 0 Å². The number of aromatic nitrogens is 1. The van der Waals surface area contributed by atoms with Crippen molar-refractivity contribution in [2.24, 2.45) is 5.41 Å². The van der Waals surface area contributed by atoms with E-state index in [1.165, 1.54) is 23.3 Å². The van der Waals surface area contributed by atoms with Gasteiger partial charge in [0.15, 0.2) is 0 Å². The van der Waals surface area contributed by atoms with Crippen LogP contribution in [0.1, 0.15) is 58.1 Å². The normalized spacial score (nSPS) is 21.7. The molecule has 33 heavy (non-hydrogen) atoms. The van der Waals surface area contributed by atoms with Crippen LogP contribution >= 0.6 is 0 Å². The van der Waals surface area contributed by atoms with Crippen molar-refractivity contribution in [2.45, 2.75) is 52.4 Å². The van der Waals surface area contributed by atoms with Crippen molar-refractivity contribution >= 4 is 6.08 Å². The minimum Gasteiger partial charge on any atom is -0.382 e. The Balaban J connectivity index is 1.45. The lowest BCUT2D eigenvalue weighted by Gasteiger charge is -2.34. The lowest BCUT2D eigenvalue weighted by atomic mass is 9.69. The third kappa shape index (κ3) is 4.15. The molecule has 0 radical (unpaired) electrons. The van der Waals surface area contributed by atoms with Crippen molar-refractivity contribution in [1.29, 1.82) is 0 Å². The lowest BCUT2D eigenvalue weighted by Crippen LogP contribution is -2.22. The fourth-order valence-corrected chi connectivity index (χ4v) is 5.85. The summed E-state index contributed by atoms with van der Waals surface area (Å²) >= 11 is 0. The first-order valence-electron chi connectivity index (χ1n) is 12.5. The van der Waals surface area contributed by atoms with E-state index < -0.39 is 0 Å². The van der Waals surface area contributed by atoms with Crippen LogP contribution in [0.5, 0.6) is 0 Å². The Kier molecular flexibility index (Phi) is 6.17. The van der Waals surface area contributed by atoms with Crippen LogP contribution in [0.25, 0.3) is 6.08 Å². The molecular weight excluding hydrogens is 400 g/mol. The van der Waals surface area contributed by atoms with E-state index in [4.69, 9.17) is 0 Å². The molecule has 0 unspecified atom stereocenters. The van der Waals surface area contributed by atoms with E-state index in [9.17, 15) is 0 Å². The summed E-state index contributed by atoms with van der Waals surface area (Å²) in [6, 6.07) is 6.08. The van der Waals surface area contributed by atoms with E-state index in [0.29, 0.717) is 0 Å². The highest BCUT2D eigenvalue weighted by molar-refractivity contribution is 5.66. The zero-order chi connectivity index (χ0) is 22.7. The van der Waals surface area contributed by atoms with Crippen molar-refractivity contribution in [2.75, 3.05) is 6.54 Å². The Morgan fingerprint density at radius 1 is 0.879 bits per heavy atom. The molecule has 0 saturated carbocycles. The zero-order valence-corrected chi connectivity index (χ0v) is 19.9. The Labute approximate surface area is 198 Å². The molecule has 0 aromatic carbocycles. The smallest absolute Gasteiger partial charge is 0.0629 e. The summed E-state index contributed by atoms with van der Waals surface area (Å²) in [6.07, 6.45) is 29.2. The molecule has 0 fully saturated rings. The van der Waals surface area contributed by atoms with Gasteiger partial charge in [-0.05, 0) is 102 Å². The van der Waals surface area contributed by atoms with Gasteiger partial charge in [0, 0.05) is 23.9 Å². The summed E-state index contributed by atoms with van der Waals surface area (Å²) in [5.74, 6) is 0. The van der Waals surface area contributed by atoms with Gasteiger partial charge in [-0.15, -0.1) is 0 Å². The molecule has 2 nitrogen and oxygen atoms in total. The fraction of sp³-hybridized carbons (Fsp3) is 0.323.